The van der Waals surface area contributed by atoms with E-state index in [1.54, 1.807) is 18.7 Å². The van der Waals surface area contributed by atoms with Gasteiger partial charge >= 0.3 is 5.97 Å². The Labute approximate surface area is 124 Å². The van der Waals surface area contributed by atoms with E-state index in [0.717, 1.165) is 11.3 Å². The largest absolute Gasteiger partial charge is 0.497 e. The monoisotopic (exact) mass is 339 g/mol. The van der Waals surface area contributed by atoms with Crippen LogP contribution in [0.15, 0.2) is 28.9 Å². The van der Waals surface area contributed by atoms with Gasteiger partial charge in [-0.15, -0.1) is 5.10 Å². The van der Waals surface area contributed by atoms with Gasteiger partial charge in [0.25, 0.3) is 0 Å². The third kappa shape index (κ3) is 3.16. The number of aromatic nitrogens is 3. The number of hydrogen-bond donors (Lipinski definition) is 0. The molecule has 2 rings (SSSR count). The molecule has 7 heteroatoms. The highest BCUT2D eigenvalue weighted by Gasteiger charge is 2.18. The molecule has 0 aliphatic heterocycles. The molecule has 0 radical (unpaired) electrons. The van der Waals surface area contributed by atoms with Crippen molar-refractivity contribution < 1.29 is 14.3 Å². The number of carbonyl (C=O) groups is 1. The molecule has 106 valence electrons. The van der Waals surface area contributed by atoms with Gasteiger partial charge < -0.3 is 9.47 Å². The van der Waals surface area contributed by atoms with E-state index in [1.165, 1.54) is 0 Å². The van der Waals surface area contributed by atoms with E-state index in [2.05, 4.69) is 26.2 Å². The Morgan fingerprint density at radius 1 is 1.35 bits per heavy atom. The van der Waals surface area contributed by atoms with Crippen LogP contribution >= 0.6 is 15.9 Å². The quantitative estimate of drug-likeness (QED) is 0.782. The van der Waals surface area contributed by atoms with Crippen molar-refractivity contribution in [1.82, 2.24) is 15.0 Å². The molecule has 0 N–H and O–H groups in total. The molecule has 6 nitrogen and oxygen atoms in total. The number of benzene rings is 1. The van der Waals surface area contributed by atoms with Gasteiger partial charge in [0, 0.05) is 0 Å². The molecule has 0 atom stereocenters. The Morgan fingerprint density at radius 3 is 2.65 bits per heavy atom. The van der Waals surface area contributed by atoms with E-state index in [9.17, 15) is 4.79 Å². The summed E-state index contributed by atoms with van der Waals surface area (Å²) in [4.78, 5) is 11.6. The van der Waals surface area contributed by atoms with Gasteiger partial charge in [-0.1, -0.05) is 17.3 Å². The molecule has 2 aromatic rings. The van der Waals surface area contributed by atoms with Crippen LogP contribution in [0.3, 0.4) is 0 Å². The average molecular weight is 340 g/mol. The van der Waals surface area contributed by atoms with Crippen molar-refractivity contribution in [1.29, 1.82) is 0 Å². The van der Waals surface area contributed by atoms with Crippen LogP contribution in [0, 0.1) is 0 Å². The molecule has 20 heavy (non-hydrogen) atoms. The van der Waals surface area contributed by atoms with Crippen molar-refractivity contribution in [3.05, 3.63) is 40.1 Å². The molecule has 0 amide bonds. The van der Waals surface area contributed by atoms with Gasteiger partial charge in [0.2, 0.25) is 5.69 Å². The summed E-state index contributed by atoms with van der Waals surface area (Å²) in [5, 5.41) is 7.78. The minimum atomic E-state index is -0.486. The molecule has 0 saturated heterocycles. The van der Waals surface area contributed by atoms with Gasteiger partial charge in [0.1, 0.15) is 10.4 Å². The van der Waals surface area contributed by atoms with Crippen molar-refractivity contribution in [2.45, 2.75) is 13.5 Å². The van der Waals surface area contributed by atoms with Gasteiger partial charge in [0.05, 0.1) is 20.3 Å². The van der Waals surface area contributed by atoms with E-state index in [1.807, 2.05) is 24.3 Å². The van der Waals surface area contributed by atoms with Crippen LogP contribution in [-0.2, 0) is 11.3 Å². The lowest BCUT2D eigenvalue weighted by Gasteiger charge is -2.04. The summed E-state index contributed by atoms with van der Waals surface area (Å²) < 4.78 is 12.1. The second-order valence-electron chi connectivity index (χ2n) is 3.96. The maximum atomic E-state index is 11.6. The highest BCUT2D eigenvalue weighted by atomic mass is 79.9. The fraction of sp³-hybridized carbons (Fsp3) is 0.308. The standard InChI is InChI=1S/C13H14BrN3O3/c1-3-20-13(18)11-12(14)17(16-15-11)8-9-4-6-10(19-2)7-5-9/h4-7H,3,8H2,1-2H3. The number of hydrogen-bond acceptors (Lipinski definition) is 5. The predicted molar refractivity (Wildman–Crippen MR) is 75.8 cm³/mol. The van der Waals surface area contributed by atoms with Gasteiger partial charge in [-0.05, 0) is 40.5 Å². The summed E-state index contributed by atoms with van der Waals surface area (Å²) in [7, 11) is 1.62. The van der Waals surface area contributed by atoms with E-state index in [-0.39, 0.29) is 5.69 Å². The third-order valence-corrected chi connectivity index (χ3v) is 3.42. The molecule has 1 aromatic carbocycles. The molecular formula is C13H14BrN3O3. The van der Waals surface area contributed by atoms with Crippen molar-refractivity contribution >= 4 is 21.9 Å². The Morgan fingerprint density at radius 2 is 2.05 bits per heavy atom. The first-order chi connectivity index (χ1) is 9.65. The molecule has 0 spiro atoms. The average Bonchev–Trinajstić information content (AvgIpc) is 2.81. The molecule has 0 unspecified atom stereocenters. The summed E-state index contributed by atoms with van der Waals surface area (Å²) in [6, 6.07) is 7.59. The fourth-order valence-corrected chi connectivity index (χ4v) is 2.07. The first-order valence-electron chi connectivity index (χ1n) is 6.04. The zero-order valence-corrected chi connectivity index (χ0v) is 12.8. The Bertz CT molecular complexity index is 595. The molecule has 0 aliphatic rings. The van der Waals surface area contributed by atoms with Gasteiger partial charge in [-0.25, -0.2) is 9.48 Å². The Hall–Kier alpha value is -1.89. The highest BCUT2D eigenvalue weighted by Crippen LogP contribution is 2.18. The summed E-state index contributed by atoms with van der Waals surface area (Å²) in [5.74, 6) is 0.305. The normalized spacial score (nSPS) is 10.3. The van der Waals surface area contributed by atoms with Gasteiger partial charge in [-0.3, -0.25) is 0 Å². The van der Waals surface area contributed by atoms with Crippen molar-refractivity contribution in [3.63, 3.8) is 0 Å². The maximum Gasteiger partial charge on any atom is 0.361 e. The number of rotatable bonds is 5. The Kier molecular flexibility index (Phi) is 4.73. The Balaban J connectivity index is 2.15. The van der Waals surface area contributed by atoms with Crippen LogP contribution in [0.4, 0.5) is 0 Å². The van der Waals surface area contributed by atoms with Crippen LogP contribution in [-0.4, -0.2) is 34.7 Å². The molecule has 1 heterocycles. The molecular weight excluding hydrogens is 326 g/mol. The van der Waals surface area contributed by atoms with E-state index < -0.39 is 5.97 Å². The number of nitrogens with zero attached hydrogens (tertiary/aromatic N) is 3. The van der Waals surface area contributed by atoms with Crippen molar-refractivity contribution in [2.75, 3.05) is 13.7 Å². The second-order valence-corrected chi connectivity index (χ2v) is 4.71. The summed E-state index contributed by atoms with van der Waals surface area (Å²) in [6.07, 6.45) is 0. The van der Waals surface area contributed by atoms with E-state index >= 15 is 0 Å². The molecule has 0 aliphatic carbocycles. The molecule has 0 saturated carbocycles. The maximum absolute atomic E-state index is 11.6. The molecule has 0 bridgehead atoms. The first-order valence-corrected chi connectivity index (χ1v) is 6.84. The van der Waals surface area contributed by atoms with Crippen molar-refractivity contribution in [3.8, 4) is 5.75 Å². The van der Waals surface area contributed by atoms with Crippen LogP contribution in [0.25, 0.3) is 0 Å². The summed E-state index contributed by atoms with van der Waals surface area (Å²) >= 11 is 3.32. The lowest BCUT2D eigenvalue weighted by molar-refractivity contribution is 0.0518. The second kappa shape index (κ2) is 6.51. The summed E-state index contributed by atoms with van der Waals surface area (Å²) in [6.45, 7) is 2.54. The minimum absolute atomic E-state index is 0.181. The lowest BCUT2D eigenvalue weighted by Crippen LogP contribution is -2.07. The molecule has 0 fully saturated rings. The molecule has 1 aromatic heterocycles. The number of halogens is 1. The SMILES string of the molecule is CCOC(=O)c1nnn(Cc2ccc(OC)cc2)c1Br. The fourth-order valence-electron chi connectivity index (χ4n) is 1.63. The lowest BCUT2D eigenvalue weighted by atomic mass is 10.2. The first kappa shape index (κ1) is 14.5. The number of carbonyl (C=O) groups excluding carboxylic acids is 1. The number of ether oxygens (including phenoxy) is 2. The third-order valence-electron chi connectivity index (χ3n) is 2.63. The van der Waals surface area contributed by atoms with Crippen LogP contribution in [0.2, 0.25) is 0 Å². The highest BCUT2D eigenvalue weighted by molar-refractivity contribution is 9.10. The van der Waals surface area contributed by atoms with Crippen LogP contribution in [0.5, 0.6) is 5.75 Å². The minimum Gasteiger partial charge on any atom is -0.497 e. The van der Waals surface area contributed by atoms with Gasteiger partial charge in [-0.2, -0.15) is 0 Å². The smallest absolute Gasteiger partial charge is 0.361 e. The van der Waals surface area contributed by atoms with E-state index in [4.69, 9.17) is 9.47 Å². The zero-order chi connectivity index (χ0) is 14.5. The van der Waals surface area contributed by atoms with Crippen LogP contribution in [0.1, 0.15) is 23.0 Å². The van der Waals surface area contributed by atoms with Crippen LogP contribution < -0.4 is 4.74 Å². The zero-order valence-electron chi connectivity index (χ0n) is 11.2. The number of methoxy groups -OCH3 is 1. The number of esters is 1. The van der Waals surface area contributed by atoms with Crippen molar-refractivity contribution in [2.24, 2.45) is 0 Å². The topological polar surface area (TPSA) is 66.2 Å². The van der Waals surface area contributed by atoms with E-state index in [0.29, 0.717) is 17.8 Å². The van der Waals surface area contributed by atoms with Gasteiger partial charge in [0.15, 0.2) is 0 Å². The summed E-state index contributed by atoms with van der Waals surface area (Å²) in [5.41, 5.74) is 1.20. The predicted octanol–water partition coefficient (Wildman–Crippen LogP) is 2.27.